The van der Waals surface area contributed by atoms with Crippen LogP contribution in [0.5, 0.6) is 0 Å². The molecular weight excluding hydrogens is 176 g/mol. The van der Waals surface area contributed by atoms with E-state index in [1.54, 1.807) is 0 Å². The highest BCUT2D eigenvalue weighted by Crippen LogP contribution is 2.32. The van der Waals surface area contributed by atoms with E-state index in [1.165, 1.54) is 13.2 Å². The van der Waals surface area contributed by atoms with Gasteiger partial charge in [-0.05, 0) is 0 Å². The second kappa shape index (κ2) is 3.73. The van der Waals surface area contributed by atoms with Gasteiger partial charge in [-0.25, -0.2) is 0 Å². The van der Waals surface area contributed by atoms with Crippen molar-refractivity contribution in [3.8, 4) is 0 Å². The molecule has 3 N–H and O–H groups in total. The van der Waals surface area contributed by atoms with E-state index in [0.29, 0.717) is 0 Å². The van der Waals surface area contributed by atoms with Crippen LogP contribution in [-0.4, -0.2) is 53.1 Å². The summed E-state index contributed by atoms with van der Waals surface area (Å²) < 4.78 is 9.89. The van der Waals surface area contributed by atoms with Crippen molar-refractivity contribution in [2.75, 3.05) is 13.7 Å². The zero-order valence-electron chi connectivity index (χ0n) is 7.38. The molecule has 13 heavy (non-hydrogen) atoms. The molecule has 0 aromatic heterocycles. The lowest BCUT2D eigenvalue weighted by atomic mass is 9.97. The van der Waals surface area contributed by atoms with Crippen molar-refractivity contribution < 1.29 is 24.8 Å². The molecule has 5 nitrogen and oxygen atoms in total. The Morgan fingerprint density at radius 1 is 1.62 bits per heavy atom. The summed E-state index contributed by atoms with van der Waals surface area (Å²) in [5.74, 6) is 0. The first-order valence-electron chi connectivity index (χ1n) is 3.92. The maximum absolute atomic E-state index is 9.52. The maximum atomic E-state index is 9.52. The van der Waals surface area contributed by atoms with E-state index in [9.17, 15) is 10.2 Å². The fourth-order valence-electron chi connectivity index (χ4n) is 1.35. The Bertz CT molecular complexity index is 195. The van der Waals surface area contributed by atoms with Crippen LogP contribution in [0.4, 0.5) is 0 Å². The molecule has 1 heterocycles. The van der Waals surface area contributed by atoms with Gasteiger partial charge in [0.05, 0.1) is 6.61 Å². The number of methoxy groups -OCH3 is 1. The molecule has 0 amide bonds. The third kappa shape index (κ3) is 1.49. The second-order valence-corrected chi connectivity index (χ2v) is 2.97. The van der Waals surface area contributed by atoms with Gasteiger partial charge in [0.25, 0.3) is 0 Å². The van der Waals surface area contributed by atoms with E-state index in [2.05, 4.69) is 6.58 Å². The van der Waals surface area contributed by atoms with Crippen LogP contribution in [0.3, 0.4) is 0 Å². The predicted octanol–water partition coefficient (Wildman–Crippen LogP) is -1.37. The van der Waals surface area contributed by atoms with Crippen LogP contribution in [0.2, 0.25) is 0 Å². The Labute approximate surface area is 76.2 Å². The van der Waals surface area contributed by atoms with Crippen LogP contribution in [-0.2, 0) is 9.47 Å². The van der Waals surface area contributed by atoms with Crippen LogP contribution >= 0.6 is 0 Å². The van der Waals surface area contributed by atoms with Crippen LogP contribution in [0.25, 0.3) is 0 Å². The van der Waals surface area contributed by atoms with Gasteiger partial charge in [0.1, 0.15) is 17.8 Å². The van der Waals surface area contributed by atoms with E-state index in [-0.39, 0.29) is 0 Å². The zero-order chi connectivity index (χ0) is 10.1. The lowest BCUT2D eigenvalue weighted by Crippen LogP contribution is -2.44. The summed E-state index contributed by atoms with van der Waals surface area (Å²) in [5, 5.41) is 27.9. The highest BCUT2D eigenvalue weighted by Gasteiger charge is 2.52. The second-order valence-electron chi connectivity index (χ2n) is 2.97. The van der Waals surface area contributed by atoms with Crippen molar-refractivity contribution >= 4 is 0 Å². The topological polar surface area (TPSA) is 79.2 Å². The molecule has 0 saturated carbocycles. The monoisotopic (exact) mass is 190 g/mol. The van der Waals surface area contributed by atoms with Crippen molar-refractivity contribution in [3.05, 3.63) is 12.7 Å². The minimum atomic E-state index is -1.32. The fourth-order valence-corrected chi connectivity index (χ4v) is 1.35. The summed E-state index contributed by atoms with van der Waals surface area (Å²) in [6.07, 6.45) is -2.06. The lowest BCUT2D eigenvalue weighted by Gasteiger charge is -2.25. The van der Waals surface area contributed by atoms with Crippen molar-refractivity contribution in [3.63, 3.8) is 0 Å². The molecule has 0 aromatic rings. The molecular formula is C8H14O5. The van der Waals surface area contributed by atoms with Crippen LogP contribution in [0.1, 0.15) is 0 Å². The highest BCUT2D eigenvalue weighted by molar-refractivity contribution is 5.09. The SMILES string of the molecule is C=C[C@]1(CO)OC(OC)[C@H](O)[C@@H]1O. The van der Waals surface area contributed by atoms with E-state index in [4.69, 9.17) is 14.6 Å². The van der Waals surface area contributed by atoms with E-state index >= 15 is 0 Å². The van der Waals surface area contributed by atoms with Crippen LogP contribution in [0, 0.1) is 0 Å². The molecule has 4 atom stereocenters. The fraction of sp³-hybridized carbons (Fsp3) is 0.750. The minimum Gasteiger partial charge on any atom is -0.393 e. The molecule has 76 valence electrons. The average Bonchev–Trinajstić information content (AvgIpc) is 2.42. The molecule has 1 aliphatic heterocycles. The third-order valence-corrected chi connectivity index (χ3v) is 2.26. The van der Waals surface area contributed by atoms with Crippen molar-refractivity contribution in [1.29, 1.82) is 0 Å². The minimum absolute atomic E-state index is 0.450. The first-order chi connectivity index (χ1) is 6.11. The summed E-state index contributed by atoms with van der Waals surface area (Å²) >= 11 is 0. The van der Waals surface area contributed by atoms with E-state index in [0.717, 1.165) is 0 Å². The highest BCUT2D eigenvalue weighted by atomic mass is 16.7. The standard InChI is InChI=1S/C8H14O5/c1-3-8(4-9)6(11)5(10)7(12-2)13-8/h3,5-7,9-11H,1,4H2,2H3/t5-,6+,7?,8-/m1/s1. The number of ether oxygens (including phenoxy) is 2. The Kier molecular flexibility index (Phi) is 3.05. The van der Waals surface area contributed by atoms with Gasteiger partial charge in [-0.2, -0.15) is 0 Å². The molecule has 0 radical (unpaired) electrons. The van der Waals surface area contributed by atoms with Gasteiger partial charge in [-0.3, -0.25) is 0 Å². The van der Waals surface area contributed by atoms with Crippen LogP contribution in [0.15, 0.2) is 12.7 Å². The maximum Gasteiger partial charge on any atom is 0.187 e. The quantitative estimate of drug-likeness (QED) is 0.478. The van der Waals surface area contributed by atoms with Crippen LogP contribution < -0.4 is 0 Å². The molecule has 0 bridgehead atoms. The molecule has 1 rings (SSSR count). The summed E-state index contributed by atoms with van der Waals surface area (Å²) in [4.78, 5) is 0. The largest absolute Gasteiger partial charge is 0.393 e. The Hall–Kier alpha value is -0.460. The van der Waals surface area contributed by atoms with Gasteiger partial charge in [0, 0.05) is 7.11 Å². The molecule has 1 aliphatic rings. The van der Waals surface area contributed by atoms with Gasteiger partial charge in [0.2, 0.25) is 0 Å². The first-order valence-corrected chi connectivity index (χ1v) is 3.92. The number of hydrogen-bond donors (Lipinski definition) is 3. The summed E-state index contributed by atoms with van der Waals surface area (Å²) in [6, 6.07) is 0. The smallest absolute Gasteiger partial charge is 0.187 e. The normalized spacial score (nSPS) is 45.1. The first kappa shape index (κ1) is 10.6. The number of aliphatic hydroxyl groups is 3. The van der Waals surface area contributed by atoms with Gasteiger partial charge in [-0.1, -0.05) is 6.08 Å². The summed E-state index contributed by atoms with van der Waals surface area (Å²) in [7, 11) is 1.34. The van der Waals surface area contributed by atoms with Crippen molar-refractivity contribution in [2.24, 2.45) is 0 Å². The zero-order valence-corrected chi connectivity index (χ0v) is 7.38. The molecule has 1 fully saturated rings. The van der Waals surface area contributed by atoms with E-state index in [1.807, 2.05) is 0 Å². The number of rotatable bonds is 3. The predicted molar refractivity (Wildman–Crippen MR) is 43.9 cm³/mol. The summed E-state index contributed by atoms with van der Waals surface area (Å²) in [6.45, 7) is 2.98. The van der Waals surface area contributed by atoms with Crippen molar-refractivity contribution in [2.45, 2.75) is 24.1 Å². The Morgan fingerprint density at radius 2 is 2.23 bits per heavy atom. The third-order valence-electron chi connectivity index (χ3n) is 2.26. The number of hydrogen-bond acceptors (Lipinski definition) is 5. The molecule has 0 spiro atoms. The molecule has 5 heteroatoms. The molecule has 0 aliphatic carbocycles. The van der Waals surface area contributed by atoms with Gasteiger partial charge >= 0.3 is 0 Å². The number of aliphatic hydroxyl groups excluding tert-OH is 3. The van der Waals surface area contributed by atoms with Gasteiger partial charge in [0.15, 0.2) is 6.29 Å². The molecule has 1 unspecified atom stereocenters. The van der Waals surface area contributed by atoms with Gasteiger partial charge < -0.3 is 24.8 Å². The molecule has 0 aromatic carbocycles. The molecule has 1 saturated heterocycles. The Balaban J connectivity index is 2.85. The summed E-state index contributed by atoms with van der Waals surface area (Å²) in [5.41, 5.74) is -1.32. The lowest BCUT2D eigenvalue weighted by molar-refractivity contribution is -0.173. The van der Waals surface area contributed by atoms with Gasteiger partial charge in [-0.15, -0.1) is 6.58 Å². The van der Waals surface area contributed by atoms with Crippen molar-refractivity contribution in [1.82, 2.24) is 0 Å². The van der Waals surface area contributed by atoms with E-state index < -0.39 is 30.7 Å². The average molecular weight is 190 g/mol. The Morgan fingerprint density at radius 3 is 2.46 bits per heavy atom.